The minimum absolute atomic E-state index is 0.0405. The van der Waals surface area contributed by atoms with Crippen LogP contribution >= 0.6 is 0 Å². The van der Waals surface area contributed by atoms with Crippen LogP contribution in [0.15, 0.2) is 35.3 Å². The van der Waals surface area contributed by atoms with E-state index < -0.39 is 18.1 Å². The number of hydrogen-bond acceptors (Lipinski definition) is 7. The number of aliphatic hydroxyl groups excluding tert-OH is 1. The van der Waals surface area contributed by atoms with Crippen LogP contribution in [0.3, 0.4) is 0 Å². The van der Waals surface area contributed by atoms with Crippen LogP contribution in [0.25, 0.3) is 22.4 Å². The number of benzene rings is 1. The summed E-state index contributed by atoms with van der Waals surface area (Å²) in [6.45, 7) is 9.07. The molecule has 0 radical (unpaired) electrons. The first-order chi connectivity index (χ1) is 16.6. The minimum Gasteiger partial charge on any atom is -0.464 e. The molecular weight excluding hydrogens is 448 g/mol. The van der Waals surface area contributed by atoms with Gasteiger partial charge >= 0.3 is 5.97 Å². The van der Waals surface area contributed by atoms with Gasteiger partial charge < -0.3 is 23.7 Å². The highest BCUT2D eigenvalue weighted by Gasteiger charge is 2.25. The molecular formula is C26H36N4O5. The second kappa shape index (κ2) is 11.6. The second-order valence-electron chi connectivity index (χ2n) is 9.35. The van der Waals surface area contributed by atoms with E-state index in [1.807, 2.05) is 38.1 Å². The molecule has 0 saturated carbocycles. The monoisotopic (exact) mass is 484 g/mol. The lowest BCUT2D eigenvalue weighted by Crippen LogP contribution is -2.45. The van der Waals surface area contributed by atoms with Crippen molar-refractivity contribution < 1.29 is 19.4 Å². The number of pyridine rings is 1. The third-order valence-corrected chi connectivity index (χ3v) is 5.77. The van der Waals surface area contributed by atoms with Gasteiger partial charge in [0.15, 0.2) is 0 Å². The van der Waals surface area contributed by atoms with Crippen LogP contribution < -0.4 is 10.9 Å². The molecule has 0 aliphatic heterocycles. The summed E-state index contributed by atoms with van der Waals surface area (Å²) in [6.07, 6.45) is 0.893. The van der Waals surface area contributed by atoms with E-state index in [0.717, 1.165) is 28.0 Å². The fraction of sp³-hybridized carbons (Fsp3) is 0.500. The van der Waals surface area contributed by atoms with Gasteiger partial charge in [0.25, 0.3) is 5.56 Å². The summed E-state index contributed by atoms with van der Waals surface area (Å²) in [4.78, 5) is 29.5. The van der Waals surface area contributed by atoms with Crippen LogP contribution in [0.1, 0.15) is 31.9 Å². The third kappa shape index (κ3) is 6.36. The number of aromatic nitrogens is 3. The number of carbonyl (C=O) groups is 1. The second-order valence-corrected chi connectivity index (χ2v) is 9.35. The summed E-state index contributed by atoms with van der Waals surface area (Å²) in [5.41, 5.74) is 4.10. The Morgan fingerprint density at radius 3 is 2.60 bits per heavy atom. The van der Waals surface area contributed by atoms with Gasteiger partial charge in [-0.3, -0.25) is 14.9 Å². The Labute approximate surface area is 205 Å². The molecule has 2 aromatic heterocycles. The Morgan fingerprint density at radius 1 is 1.23 bits per heavy atom. The molecule has 0 amide bonds. The molecule has 2 heterocycles. The molecule has 2 atom stereocenters. The van der Waals surface area contributed by atoms with E-state index in [2.05, 4.69) is 9.88 Å². The maximum atomic E-state index is 12.4. The average Bonchev–Trinajstić information content (AvgIpc) is 3.17. The molecule has 2 N–H and O–H groups in total. The number of aliphatic hydroxyl groups is 1. The predicted octanol–water partition coefficient (Wildman–Crippen LogP) is 2.40. The van der Waals surface area contributed by atoms with E-state index in [1.165, 1.54) is 0 Å². The summed E-state index contributed by atoms with van der Waals surface area (Å²) in [6, 6.07) is 6.94. The Kier molecular flexibility index (Phi) is 8.82. The molecule has 0 aliphatic carbocycles. The van der Waals surface area contributed by atoms with Gasteiger partial charge in [-0.05, 0) is 43.5 Å². The van der Waals surface area contributed by atoms with Gasteiger partial charge in [-0.15, -0.1) is 0 Å². The number of hydrogen-bond donors (Lipinski definition) is 2. The van der Waals surface area contributed by atoms with E-state index in [1.54, 1.807) is 38.8 Å². The first-order valence-corrected chi connectivity index (χ1v) is 11.9. The van der Waals surface area contributed by atoms with Crippen LogP contribution in [0.5, 0.6) is 0 Å². The highest BCUT2D eigenvalue weighted by molar-refractivity contribution is 5.81. The molecule has 0 aliphatic rings. The van der Waals surface area contributed by atoms with Crippen molar-refractivity contribution in [2.24, 2.45) is 13.0 Å². The number of ether oxygens (including phenoxy) is 2. The van der Waals surface area contributed by atoms with Gasteiger partial charge in [0, 0.05) is 44.6 Å². The average molecular weight is 485 g/mol. The molecule has 0 saturated heterocycles. The van der Waals surface area contributed by atoms with Crippen molar-refractivity contribution in [3.8, 4) is 11.4 Å². The third-order valence-electron chi connectivity index (χ3n) is 5.77. The van der Waals surface area contributed by atoms with Crippen LogP contribution in [0.2, 0.25) is 0 Å². The topological polar surface area (TPSA) is 108 Å². The van der Waals surface area contributed by atoms with Crippen LogP contribution in [0.4, 0.5) is 0 Å². The Hall–Kier alpha value is -3.01. The lowest BCUT2D eigenvalue weighted by atomic mass is 10.1. The summed E-state index contributed by atoms with van der Waals surface area (Å²) < 4.78 is 14.3. The van der Waals surface area contributed by atoms with Crippen LogP contribution in [0, 0.1) is 12.8 Å². The zero-order valence-corrected chi connectivity index (χ0v) is 21.4. The quantitative estimate of drug-likeness (QED) is 0.403. The molecule has 1 aromatic carbocycles. The van der Waals surface area contributed by atoms with E-state index >= 15 is 0 Å². The molecule has 1 unspecified atom stereocenters. The standard InChI is InChI=1S/C26H36N4O5/c1-16(2)15-35-26(33)23(18(4)31)27-13-19-7-8-22-21(12-19)28-24(30(22)9-10-34-6)20-11-17(3)25(32)29(5)14-20/h7-8,11-12,14,16,18,23,27,31H,9-10,13,15H2,1-6H3/t18?,23-/m0/s1. The van der Waals surface area contributed by atoms with E-state index in [4.69, 9.17) is 14.5 Å². The molecule has 9 nitrogen and oxygen atoms in total. The van der Waals surface area contributed by atoms with Crippen molar-refractivity contribution in [3.63, 3.8) is 0 Å². The number of rotatable bonds is 11. The zero-order valence-electron chi connectivity index (χ0n) is 21.4. The number of esters is 1. The molecule has 9 heteroatoms. The number of carbonyl (C=O) groups excluding carboxylic acids is 1. The molecule has 0 fully saturated rings. The van der Waals surface area contributed by atoms with Gasteiger partial charge in [-0.25, -0.2) is 4.98 Å². The maximum absolute atomic E-state index is 12.4. The number of nitrogens with zero attached hydrogens (tertiary/aromatic N) is 3. The minimum atomic E-state index is -0.897. The summed E-state index contributed by atoms with van der Waals surface area (Å²) in [5.74, 6) is 0.500. The van der Waals surface area contributed by atoms with Crippen molar-refractivity contribution in [3.05, 3.63) is 51.9 Å². The van der Waals surface area contributed by atoms with E-state index in [9.17, 15) is 14.7 Å². The SMILES string of the molecule is COCCn1c(-c2cc(C)c(=O)n(C)c2)nc2cc(CN[C@H](C(=O)OCC(C)C)C(C)O)ccc21. The van der Waals surface area contributed by atoms with Crippen LogP contribution in [-0.4, -0.2) is 57.7 Å². The lowest BCUT2D eigenvalue weighted by molar-refractivity contribution is -0.150. The number of aryl methyl sites for hydroxylation is 2. The number of methoxy groups -OCH3 is 1. The maximum Gasteiger partial charge on any atom is 0.325 e. The Bertz CT molecular complexity index is 1200. The predicted molar refractivity (Wildman–Crippen MR) is 135 cm³/mol. The fourth-order valence-corrected chi connectivity index (χ4v) is 3.93. The molecule has 190 valence electrons. The van der Waals surface area contributed by atoms with Gasteiger partial charge in [0.1, 0.15) is 11.9 Å². The molecule has 35 heavy (non-hydrogen) atoms. The number of imidazole rings is 1. The van der Waals surface area contributed by atoms with E-state index in [-0.39, 0.29) is 11.5 Å². The fourth-order valence-electron chi connectivity index (χ4n) is 3.93. The van der Waals surface area contributed by atoms with Gasteiger partial charge in [-0.1, -0.05) is 19.9 Å². The van der Waals surface area contributed by atoms with Gasteiger partial charge in [0.05, 0.1) is 30.4 Å². The van der Waals surface area contributed by atoms with Crippen molar-refractivity contribution in [1.29, 1.82) is 0 Å². The van der Waals surface area contributed by atoms with Crippen LogP contribution in [-0.2, 0) is 34.4 Å². The summed E-state index contributed by atoms with van der Waals surface area (Å²) in [7, 11) is 3.39. The van der Waals surface area contributed by atoms with Crippen molar-refractivity contribution in [2.75, 3.05) is 20.3 Å². The zero-order chi connectivity index (χ0) is 25.7. The highest BCUT2D eigenvalue weighted by atomic mass is 16.5. The Morgan fingerprint density at radius 2 is 1.97 bits per heavy atom. The smallest absolute Gasteiger partial charge is 0.325 e. The largest absolute Gasteiger partial charge is 0.464 e. The van der Waals surface area contributed by atoms with Gasteiger partial charge in [0.2, 0.25) is 0 Å². The first-order valence-electron chi connectivity index (χ1n) is 11.9. The normalized spacial score (nSPS) is 13.4. The number of nitrogens with one attached hydrogen (secondary N) is 1. The molecule has 0 bridgehead atoms. The molecule has 3 rings (SSSR count). The van der Waals surface area contributed by atoms with Gasteiger partial charge in [-0.2, -0.15) is 0 Å². The summed E-state index contributed by atoms with van der Waals surface area (Å²) in [5, 5.41) is 13.2. The number of fused-ring (bicyclic) bond motifs is 1. The lowest BCUT2D eigenvalue weighted by Gasteiger charge is -2.20. The van der Waals surface area contributed by atoms with Crippen molar-refractivity contribution in [2.45, 2.75) is 52.9 Å². The highest BCUT2D eigenvalue weighted by Crippen LogP contribution is 2.26. The summed E-state index contributed by atoms with van der Waals surface area (Å²) >= 11 is 0. The van der Waals surface area contributed by atoms with E-state index in [0.29, 0.717) is 31.9 Å². The molecule has 0 spiro atoms. The molecule has 3 aromatic rings. The van der Waals surface area contributed by atoms with Crippen molar-refractivity contribution in [1.82, 2.24) is 19.4 Å². The Balaban J connectivity index is 1.90. The first kappa shape index (κ1) is 26.6. The van der Waals surface area contributed by atoms with Crippen molar-refractivity contribution >= 4 is 17.0 Å².